The van der Waals surface area contributed by atoms with E-state index in [1.54, 1.807) is 11.3 Å². The Hall–Kier alpha value is -1.89. The Kier molecular flexibility index (Phi) is 6.04. The van der Waals surface area contributed by atoms with Crippen molar-refractivity contribution in [2.75, 3.05) is 51.3 Å². The summed E-state index contributed by atoms with van der Waals surface area (Å²) in [6, 6.07) is 11.3. The molecule has 3 aliphatic rings. The van der Waals surface area contributed by atoms with Gasteiger partial charge < -0.3 is 15.0 Å². The molecule has 1 saturated carbocycles. The topological polar surface area (TPSA) is 44.8 Å². The first kappa shape index (κ1) is 21.0. The van der Waals surface area contributed by atoms with Gasteiger partial charge in [0, 0.05) is 43.8 Å². The van der Waals surface area contributed by atoms with Gasteiger partial charge in [0.15, 0.2) is 0 Å². The molecule has 31 heavy (non-hydrogen) atoms. The van der Waals surface area contributed by atoms with Crippen molar-refractivity contribution >= 4 is 22.9 Å². The van der Waals surface area contributed by atoms with Gasteiger partial charge in [0.2, 0.25) is 5.91 Å². The highest BCUT2D eigenvalue weighted by Crippen LogP contribution is 2.43. The maximum atomic E-state index is 13.6. The normalized spacial score (nSPS) is 21.8. The number of thiophene rings is 1. The fraction of sp³-hybridized carbons (Fsp3) is 0.560. The quantitative estimate of drug-likeness (QED) is 0.745. The van der Waals surface area contributed by atoms with Gasteiger partial charge in [0.25, 0.3) is 0 Å². The summed E-state index contributed by atoms with van der Waals surface area (Å²) in [7, 11) is 2.16. The van der Waals surface area contributed by atoms with Gasteiger partial charge >= 0.3 is 0 Å². The van der Waals surface area contributed by atoms with Crippen LogP contribution >= 0.6 is 11.3 Å². The highest BCUT2D eigenvalue weighted by atomic mass is 32.1. The molecule has 6 heteroatoms. The van der Waals surface area contributed by atoms with Crippen LogP contribution in [0.2, 0.25) is 0 Å². The van der Waals surface area contributed by atoms with Gasteiger partial charge in [-0.15, -0.1) is 11.3 Å². The Morgan fingerprint density at radius 2 is 2.00 bits per heavy atom. The van der Waals surface area contributed by atoms with Crippen LogP contribution in [0.3, 0.4) is 0 Å². The number of likely N-dealkylation sites (N-methyl/N-ethyl adjacent to an activating group) is 1. The number of fused-ring (bicyclic) bond motifs is 1. The average Bonchev–Trinajstić information content (AvgIpc) is 3.56. The number of amides is 1. The summed E-state index contributed by atoms with van der Waals surface area (Å²) in [6.45, 7) is 5.08. The maximum absolute atomic E-state index is 13.6. The standard InChI is InChI=1S/C25H33N3O2S/c1-27-11-8-20-17-19(6-7-21(20)27)22(28-12-14-30-15-13-28)18-26-24(29)25(9-2-3-10-25)23-5-4-16-31-23/h4-7,16-17,22H,2-3,8-15,18H2,1H3,(H,26,29)/t22-/m0/s1. The summed E-state index contributed by atoms with van der Waals surface area (Å²) in [5, 5.41) is 5.50. The first-order valence-corrected chi connectivity index (χ1v) is 12.5. The minimum Gasteiger partial charge on any atom is -0.379 e. The Morgan fingerprint density at radius 1 is 1.19 bits per heavy atom. The Morgan fingerprint density at radius 3 is 2.74 bits per heavy atom. The van der Waals surface area contributed by atoms with Crippen LogP contribution in [0, 0.1) is 0 Å². The van der Waals surface area contributed by atoms with Gasteiger partial charge in [-0.05, 0) is 47.9 Å². The van der Waals surface area contributed by atoms with E-state index in [0.29, 0.717) is 6.54 Å². The molecule has 1 amide bonds. The van der Waals surface area contributed by atoms with Crippen LogP contribution in [0.5, 0.6) is 0 Å². The summed E-state index contributed by atoms with van der Waals surface area (Å²) in [5.74, 6) is 0.214. The Balaban J connectivity index is 1.37. The third kappa shape index (κ3) is 4.01. The average molecular weight is 440 g/mol. The molecule has 1 aliphatic carbocycles. The Labute approximate surface area is 189 Å². The number of nitrogens with zero attached hydrogens (tertiary/aromatic N) is 2. The third-order valence-electron chi connectivity index (χ3n) is 7.44. The molecule has 1 saturated heterocycles. The molecule has 0 bridgehead atoms. The summed E-state index contributed by atoms with van der Waals surface area (Å²) in [5.41, 5.74) is 3.75. The summed E-state index contributed by atoms with van der Waals surface area (Å²) < 4.78 is 5.61. The largest absolute Gasteiger partial charge is 0.379 e. The molecular formula is C25H33N3O2S. The number of ether oxygens (including phenoxy) is 1. The molecule has 0 spiro atoms. The lowest BCUT2D eigenvalue weighted by molar-refractivity contribution is -0.126. The van der Waals surface area contributed by atoms with Gasteiger partial charge in [-0.3, -0.25) is 9.69 Å². The van der Waals surface area contributed by atoms with E-state index in [-0.39, 0.29) is 17.4 Å². The number of anilines is 1. The number of benzene rings is 1. The maximum Gasteiger partial charge on any atom is 0.231 e. The lowest BCUT2D eigenvalue weighted by Crippen LogP contribution is -2.48. The summed E-state index contributed by atoms with van der Waals surface area (Å²) in [6.07, 6.45) is 5.30. The van der Waals surface area contributed by atoms with Crippen molar-refractivity contribution in [2.24, 2.45) is 0 Å². The molecule has 1 aromatic carbocycles. The number of morpholine rings is 1. The van der Waals surface area contributed by atoms with E-state index in [4.69, 9.17) is 4.74 Å². The van der Waals surface area contributed by atoms with Crippen molar-refractivity contribution < 1.29 is 9.53 Å². The second-order valence-electron chi connectivity index (χ2n) is 9.20. The molecule has 0 radical (unpaired) electrons. The van der Waals surface area contributed by atoms with E-state index in [1.165, 1.54) is 21.7 Å². The molecule has 5 rings (SSSR count). The number of hydrogen-bond acceptors (Lipinski definition) is 5. The van der Waals surface area contributed by atoms with Crippen LogP contribution in [-0.2, 0) is 21.4 Å². The van der Waals surface area contributed by atoms with Crippen molar-refractivity contribution in [3.8, 4) is 0 Å². The van der Waals surface area contributed by atoms with Gasteiger partial charge in [-0.1, -0.05) is 31.0 Å². The second kappa shape index (κ2) is 8.93. The first-order valence-electron chi connectivity index (χ1n) is 11.7. The zero-order valence-corrected chi connectivity index (χ0v) is 19.3. The zero-order chi connectivity index (χ0) is 21.3. The summed E-state index contributed by atoms with van der Waals surface area (Å²) in [4.78, 5) is 19.6. The van der Waals surface area contributed by atoms with Gasteiger partial charge in [-0.25, -0.2) is 0 Å². The third-order valence-corrected chi connectivity index (χ3v) is 8.52. The fourth-order valence-corrected chi connectivity index (χ4v) is 6.60. The van der Waals surface area contributed by atoms with Crippen molar-refractivity contribution in [1.82, 2.24) is 10.2 Å². The van der Waals surface area contributed by atoms with E-state index in [9.17, 15) is 4.79 Å². The molecule has 166 valence electrons. The van der Waals surface area contributed by atoms with Gasteiger partial charge in [0.05, 0.1) is 24.7 Å². The molecular weight excluding hydrogens is 406 g/mol. The number of hydrogen-bond donors (Lipinski definition) is 1. The highest BCUT2D eigenvalue weighted by molar-refractivity contribution is 7.10. The zero-order valence-electron chi connectivity index (χ0n) is 18.4. The monoisotopic (exact) mass is 439 g/mol. The predicted molar refractivity (Wildman–Crippen MR) is 126 cm³/mol. The molecule has 5 nitrogen and oxygen atoms in total. The molecule has 0 unspecified atom stereocenters. The molecule has 3 heterocycles. The van der Waals surface area contributed by atoms with Crippen LogP contribution in [0.15, 0.2) is 35.7 Å². The molecule has 1 atom stereocenters. The number of carbonyl (C=O) groups is 1. The van der Waals surface area contributed by atoms with E-state index in [1.807, 2.05) is 0 Å². The highest BCUT2D eigenvalue weighted by Gasteiger charge is 2.43. The van der Waals surface area contributed by atoms with Crippen LogP contribution in [0.1, 0.15) is 47.7 Å². The van der Waals surface area contributed by atoms with Gasteiger partial charge in [0.1, 0.15) is 0 Å². The van der Waals surface area contributed by atoms with Gasteiger partial charge in [-0.2, -0.15) is 0 Å². The fourth-order valence-electron chi connectivity index (χ4n) is 5.61. The van der Waals surface area contributed by atoms with Crippen molar-refractivity contribution in [3.63, 3.8) is 0 Å². The smallest absolute Gasteiger partial charge is 0.231 e. The lowest BCUT2D eigenvalue weighted by atomic mass is 9.83. The van der Waals surface area contributed by atoms with E-state index in [2.05, 4.69) is 57.9 Å². The number of nitrogens with one attached hydrogen (secondary N) is 1. The molecule has 2 aliphatic heterocycles. The van der Waals surface area contributed by atoms with Crippen molar-refractivity contribution in [1.29, 1.82) is 0 Å². The SMILES string of the molecule is CN1CCc2cc([C@H](CNC(=O)C3(c4cccs4)CCCC3)N3CCOCC3)ccc21. The van der Waals surface area contributed by atoms with E-state index >= 15 is 0 Å². The molecule has 1 N–H and O–H groups in total. The minimum absolute atomic E-state index is 0.186. The number of carbonyl (C=O) groups excluding carboxylic acids is 1. The van der Waals surface area contributed by atoms with E-state index in [0.717, 1.165) is 65.0 Å². The van der Waals surface area contributed by atoms with Crippen LogP contribution in [0.4, 0.5) is 5.69 Å². The van der Waals surface area contributed by atoms with E-state index < -0.39 is 0 Å². The summed E-state index contributed by atoms with van der Waals surface area (Å²) >= 11 is 1.73. The second-order valence-corrected chi connectivity index (χ2v) is 10.1. The van der Waals surface area contributed by atoms with Crippen molar-refractivity contribution in [2.45, 2.75) is 43.6 Å². The predicted octanol–water partition coefficient (Wildman–Crippen LogP) is 3.74. The van der Waals surface area contributed by atoms with Crippen LogP contribution in [-0.4, -0.2) is 57.2 Å². The van der Waals surface area contributed by atoms with Crippen LogP contribution < -0.4 is 10.2 Å². The first-order chi connectivity index (χ1) is 15.2. The molecule has 2 aromatic rings. The number of rotatable bonds is 6. The van der Waals surface area contributed by atoms with Crippen LogP contribution in [0.25, 0.3) is 0 Å². The van der Waals surface area contributed by atoms with Crippen molar-refractivity contribution in [3.05, 3.63) is 51.7 Å². The Bertz CT molecular complexity index is 901. The lowest BCUT2D eigenvalue weighted by Gasteiger charge is -2.36. The minimum atomic E-state index is -0.329. The molecule has 2 fully saturated rings. The molecule has 1 aromatic heterocycles.